The lowest BCUT2D eigenvalue weighted by Gasteiger charge is -2.35. The summed E-state index contributed by atoms with van der Waals surface area (Å²) < 4.78 is 82.9. The van der Waals surface area contributed by atoms with E-state index in [0.29, 0.717) is 74.3 Å². The second kappa shape index (κ2) is 26.1. The standard InChI is InChI=1S/C62H68F4N6S8Si/c1-7-13-17-19-23-37-25-41(63)59(73-37)47-27-43(65)57(77-47)39-31-67-53(55-51(39)69-79-71-55)45-29-49-61(75-45)62-50(81(49,33-35(11-5)21-15-9-3)34-36(12-6)22-16-10-4)30-46(76-62)54-56-52(70-80-72-56)40(32-68-54)58-44(66)28-48(78-58)60-42(64)26-38(74-60)24-20-18-14-8-2/h25-32,35-36H,7-24,33-34H2,1-6H3. The van der Waals surface area contributed by atoms with Crippen LogP contribution in [0.25, 0.3) is 93.4 Å². The Morgan fingerprint density at radius 2 is 0.802 bits per heavy atom. The molecule has 10 aromatic rings. The monoisotopic (exact) mass is 1260 g/mol. The maximum Gasteiger partial charge on any atom is 0.142 e. The van der Waals surface area contributed by atoms with Crippen LogP contribution in [-0.2, 0) is 12.8 Å². The smallest absolute Gasteiger partial charge is 0.142 e. The molecular formula is C62H68F4N6S8Si. The average molecular weight is 1260 g/mol. The van der Waals surface area contributed by atoms with E-state index >= 15 is 17.6 Å². The van der Waals surface area contributed by atoms with Crippen molar-refractivity contribution in [1.29, 1.82) is 0 Å². The second-order valence-electron chi connectivity index (χ2n) is 22.0. The van der Waals surface area contributed by atoms with Crippen molar-refractivity contribution in [2.75, 3.05) is 0 Å². The molecule has 6 nitrogen and oxygen atoms in total. The number of unbranched alkanes of at least 4 members (excludes halogenated alkanes) is 8. The predicted molar refractivity (Wildman–Crippen MR) is 346 cm³/mol. The maximum absolute atomic E-state index is 16.2. The Kier molecular flexibility index (Phi) is 19.0. The minimum absolute atomic E-state index is 0.303. The molecule has 0 saturated heterocycles. The molecule has 1 aliphatic heterocycles. The molecule has 0 radical (unpaired) electrons. The molecule has 81 heavy (non-hydrogen) atoms. The second-order valence-corrected chi connectivity index (χ2v) is 33.6. The molecule has 0 aliphatic carbocycles. The van der Waals surface area contributed by atoms with Crippen LogP contribution in [0.3, 0.4) is 0 Å². The van der Waals surface area contributed by atoms with Crippen molar-refractivity contribution < 1.29 is 17.6 Å². The van der Waals surface area contributed by atoms with E-state index in [1.807, 2.05) is 0 Å². The number of hydrogen-bond acceptors (Lipinski definition) is 14. The Balaban J connectivity index is 0.988. The van der Waals surface area contributed by atoms with Crippen LogP contribution in [-0.4, -0.2) is 35.5 Å². The van der Waals surface area contributed by atoms with Gasteiger partial charge in [0, 0.05) is 43.0 Å². The molecule has 0 saturated carbocycles. The van der Waals surface area contributed by atoms with E-state index in [4.69, 9.17) is 27.5 Å². The van der Waals surface area contributed by atoms with Gasteiger partial charge in [0.15, 0.2) is 0 Å². The number of nitrogens with zero attached hydrogens (tertiary/aromatic N) is 6. The van der Waals surface area contributed by atoms with Crippen molar-refractivity contribution in [3.63, 3.8) is 0 Å². The molecule has 1 aliphatic rings. The highest BCUT2D eigenvalue weighted by atomic mass is 32.1. The molecular weight excluding hydrogens is 1190 g/mol. The summed E-state index contributed by atoms with van der Waals surface area (Å²) in [6.07, 6.45) is 23.3. The highest BCUT2D eigenvalue weighted by Gasteiger charge is 2.50. The van der Waals surface area contributed by atoms with E-state index in [2.05, 4.69) is 53.7 Å². The van der Waals surface area contributed by atoms with E-state index in [9.17, 15) is 0 Å². The minimum Gasteiger partial charge on any atom is -0.252 e. The fourth-order valence-corrected chi connectivity index (χ4v) is 28.0. The van der Waals surface area contributed by atoms with Crippen molar-refractivity contribution >= 4 is 132 Å². The first-order valence-electron chi connectivity index (χ1n) is 29.2. The van der Waals surface area contributed by atoms with E-state index < -0.39 is 19.7 Å². The summed E-state index contributed by atoms with van der Waals surface area (Å²) in [5, 5.41) is 2.97. The molecule has 0 N–H and O–H groups in total. The van der Waals surface area contributed by atoms with Crippen molar-refractivity contribution in [1.82, 2.24) is 27.5 Å². The van der Waals surface area contributed by atoms with Gasteiger partial charge in [-0.3, -0.25) is 9.97 Å². The third-order valence-electron chi connectivity index (χ3n) is 16.4. The SMILES string of the molecule is CCCCCCc1cc(F)c(-c2cc(F)c(-c3cnc(-c4cc5c(s4)-c4sc(-c6ncc(-c7sc(-c8sc(CCCCCC)cc8F)cc7F)c7nsnc67)cc4[Si]5(CC(CC)CCCC)CC(CC)CCCC)c4nsnc34)s2)s1. The summed E-state index contributed by atoms with van der Waals surface area (Å²) in [5.74, 6) is -0.326. The topological polar surface area (TPSA) is 77.3 Å². The van der Waals surface area contributed by atoms with E-state index in [1.165, 1.54) is 103 Å². The van der Waals surface area contributed by atoms with Gasteiger partial charge >= 0.3 is 0 Å². The first kappa shape index (κ1) is 58.8. The zero-order chi connectivity index (χ0) is 56.4. The molecule has 10 aromatic heterocycles. The highest BCUT2D eigenvalue weighted by molar-refractivity contribution is 7.32. The number of aromatic nitrogens is 6. The van der Waals surface area contributed by atoms with Crippen molar-refractivity contribution in [2.45, 2.75) is 169 Å². The summed E-state index contributed by atoms with van der Waals surface area (Å²) in [7, 11) is -2.56. The molecule has 2 unspecified atom stereocenters. The zero-order valence-electron chi connectivity index (χ0n) is 46.9. The van der Waals surface area contributed by atoms with E-state index in [0.717, 1.165) is 156 Å². The molecule has 0 bridgehead atoms. The summed E-state index contributed by atoms with van der Waals surface area (Å²) in [4.78, 5) is 19.8. The highest BCUT2D eigenvalue weighted by Crippen LogP contribution is 2.52. The van der Waals surface area contributed by atoms with Crippen LogP contribution in [0.2, 0.25) is 12.1 Å². The van der Waals surface area contributed by atoms with Gasteiger partial charge in [-0.2, -0.15) is 17.5 Å². The summed E-state index contributed by atoms with van der Waals surface area (Å²) in [5.41, 5.74) is 5.11. The Bertz CT molecular complexity index is 3540. The Morgan fingerprint density at radius 3 is 1.21 bits per heavy atom. The number of thiophene rings is 6. The van der Waals surface area contributed by atoms with Gasteiger partial charge < -0.3 is 0 Å². The lowest BCUT2D eigenvalue weighted by molar-refractivity contribution is 0.469. The molecule has 0 aromatic carbocycles. The van der Waals surface area contributed by atoms with Crippen LogP contribution < -0.4 is 10.4 Å². The van der Waals surface area contributed by atoms with Gasteiger partial charge in [0.2, 0.25) is 0 Å². The van der Waals surface area contributed by atoms with Crippen LogP contribution in [0, 0.1) is 35.1 Å². The van der Waals surface area contributed by atoms with Crippen LogP contribution >= 0.6 is 91.5 Å². The third-order valence-corrected chi connectivity index (χ3v) is 30.7. The van der Waals surface area contributed by atoms with Crippen LogP contribution in [0.4, 0.5) is 17.6 Å². The van der Waals surface area contributed by atoms with Gasteiger partial charge in [0.05, 0.1) is 62.5 Å². The Morgan fingerprint density at radius 1 is 0.407 bits per heavy atom. The number of rotatable bonds is 28. The zero-order valence-corrected chi connectivity index (χ0v) is 54.4. The quantitative estimate of drug-likeness (QED) is 0.0276. The largest absolute Gasteiger partial charge is 0.252 e. The maximum atomic E-state index is 16.2. The molecule has 0 fully saturated rings. The van der Waals surface area contributed by atoms with Gasteiger partial charge in [-0.05, 0) is 96.4 Å². The lowest BCUT2D eigenvalue weighted by atomic mass is 10.0. The molecule has 11 rings (SSSR count). The van der Waals surface area contributed by atoms with Crippen LogP contribution in [0.15, 0.2) is 48.8 Å². The Hall–Kier alpha value is -3.92. The van der Waals surface area contributed by atoms with Crippen molar-refractivity contribution in [3.05, 3.63) is 81.8 Å². The summed E-state index contributed by atoms with van der Waals surface area (Å²) in [6, 6.07) is 13.4. The van der Waals surface area contributed by atoms with Crippen LogP contribution in [0.1, 0.15) is 154 Å². The van der Waals surface area contributed by atoms with Crippen molar-refractivity contribution in [3.8, 4) is 71.3 Å². The number of fused-ring (bicyclic) bond motifs is 5. The van der Waals surface area contributed by atoms with Gasteiger partial charge in [-0.15, -0.1) is 68.0 Å². The van der Waals surface area contributed by atoms with E-state index in [1.54, 1.807) is 47.2 Å². The predicted octanol–water partition coefficient (Wildman–Crippen LogP) is 21.6. The fourth-order valence-electron chi connectivity index (χ4n) is 12.0. The minimum atomic E-state index is -2.56. The number of halogens is 4. The van der Waals surface area contributed by atoms with Gasteiger partial charge in [0.1, 0.15) is 64.8 Å². The lowest BCUT2D eigenvalue weighted by Crippen LogP contribution is -2.56. The molecule has 0 spiro atoms. The van der Waals surface area contributed by atoms with Gasteiger partial charge in [0.25, 0.3) is 0 Å². The third kappa shape index (κ3) is 11.8. The summed E-state index contributed by atoms with van der Waals surface area (Å²) in [6.45, 7) is 13.7. The molecule has 0 amide bonds. The first-order valence-corrected chi connectivity index (χ1v) is 38.0. The molecule has 19 heteroatoms. The summed E-state index contributed by atoms with van der Waals surface area (Å²) >= 11 is 11.1. The first-order chi connectivity index (χ1) is 39.5. The fraction of sp³-hybridized carbons (Fsp3) is 0.452. The Labute approximate surface area is 506 Å². The number of hydrogen-bond donors (Lipinski definition) is 0. The number of aryl methyl sites for hydroxylation is 2. The normalized spacial score (nSPS) is 13.8. The van der Waals surface area contributed by atoms with Gasteiger partial charge in [-0.25, -0.2) is 17.6 Å². The molecule has 2 atom stereocenters. The molecule has 11 heterocycles. The van der Waals surface area contributed by atoms with Gasteiger partial charge in [-0.1, -0.05) is 131 Å². The van der Waals surface area contributed by atoms with E-state index in [-0.39, 0.29) is 11.6 Å². The van der Waals surface area contributed by atoms with Crippen LogP contribution in [0.5, 0.6) is 0 Å². The average Bonchev–Trinajstić information content (AvgIpc) is 4.51. The van der Waals surface area contributed by atoms with Crippen molar-refractivity contribution in [2.24, 2.45) is 11.8 Å². The number of pyridine rings is 2. The molecule has 426 valence electrons.